The summed E-state index contributed by atoms with van der Waals surface area (Å²) in [6.45, 7) is 9.99. The van der Waals surface area contributed by atoms with Crippen LogP contribution in [-0.2, 0) is 9.59 Å². The molecule has 0 saturated heterocycles. The first-order valence-corrected chi connectivity index (χ1v) is 5.98. The molecule has 1 unspecified atom stereocenters. The highest BCUT2D eigenvalue weighted by atomic mass is 16.4. The van der Waals surface area contributed by atoms with E-state index < -0.39 is 17.4 Å². The molecule has 0 fully saturated rings. The van der Waals surface area contributed by atoms with Crippen LogP contribution in [0.15, 0.2) is 0 Å². The summed E-state index contributed by atoms with van der Waals surface area (Å²) in [6, 6.07) is 0. The summed E-state index contributed by atoms with van der Waals surface area (Å²) in [7, 11) is 0. The minimum atomic E-state index is -0.874. The van der Waals surface area contributed by atoms with Crippen molar-refractivity contribution in [2.45, 2.75) is 40.2 Å². The molecule has 1 atom stereocenters. The zero-order chi connectivity index (χ0) is 13.6. The van der Waals surface area contributed by atoms with E-state index in [9.17, 15) is 9.59 Å². The Bertz CT molecular complexity index is 275. The van der Waals surface area contributed by atoms with Crippen molar-refractivity contribution in [3.63, 3.8) is 0 Å². The van der Waals surface area contributed by atoms with Gasteiger partial charge in [0.1, 0.15) is 0 Å². The molecule has 5 heteroatoms. The van der Waals surface area contributed by atoms with Gasteiger partial charge in [-0.15, -0.1) is 0 Å². The molecule has 0 bridgehead atoms. The van der Waals surface area contributed by atoms with E-state index in [1.54, 1.807) is 13.8 Å². The van der Waals surface area contributed by atoms with Gasteiger partial charge in [0.05, 0.1) is 11.5 Å². The third kappa shape index (κ3) is 5.17. The number of carbonyl (C=O) groups is 2. The third-order valence-corrected chi connectivity index (χ3v) is 2.79. The van der Waals surface area contributed by atoms with E-state index in [1.165, 1.54) is 0 Å². The maximum Gasteiger partial charge on any atom is 0.308 e. The molecule has 3 N–H and O–H groups in total. The average molecular weight is 244 g/mol. The number of carboxylic acids is 1. The largest absolute Gasteiger partial charge is 0.481 e. The van der Waals surface area contributed by atoms with Gasteiger partial charge in [-0.1, -0.05) is 20.8 Å². The van der Waals surface area contributed by atoms with E-state index in [4.69, 9.17) is 5.11 Å². The van der Waals surface area contributed by atoms with Crippen LogP contribution >= 0.6 is 0 Å². The number of likely N-dealkylation sites (N-methyl/N-ethyl adjacent to an activating group) is 1. The normalized spacial score (nSPS) is 13.5. The molecule has 100 valence electrons. The molecule has 0 radical (unpaired) electrons. The van der Waals surface area contributed by atoms with Crippen LogP contribution in [0.4, 0.5) is 0 Å². The quantitative estimate of drug-likeness (QED) is 0.620. The van der Waals surface area contributed by atoms with Gasteiger partial charge in [-0.25, -0.2) is 0 Å². The predicted molar refractivity (Wildman–Crippen MR) is 66.7 cm³/mol. The second-order valence-corrected chi connectivity index (χ2v) is 5.05. The van der Waals surface area contributed by atoms with Crippen LogP contribution in [0.1, 0.15) is 34.6 Å². The van der Waals surface area contributed by atoms with Gasteiger partial charge in [-0.2, -0.15) is 0 Å². The Hall–Kier alpha value is -1.10. The zero-order valence-electron chi connectivity index (χ0n) is 11.3. The number of carboxylic acid groups (broad SMARTS) is 1. The van der Waals surface area contributed by atoms with Crippen LogP contribution in [0.5, 0.6) is 0 Å². The first kappa shape index (κ1) is 15.9. The van der Waals surface area contributed by atoms with Crippen molar-refractivity contribution in [1.29, 1.82) is 0 Å². The summed E-state index contributed by atoms with van der Waals surface area (Å²) in [6.07, 6.45) is 0. The van der Waals surface area contributed by atoms with Crippen molar-refractivity contribution < 1.29 is 14.7 Å². The van der Waals surface area contributed by atoms with Crippen molar-refractivity contribution in [2.75, 3.05) is 13.1 Å². The fraction of sp³-hybridized carbons (Fsp3) is 0.833. The second-order valence-electron chi connectivity index (χ2n) is 5.05. The Labute approximate surface area is 103 Å². The number of amides is 1. The van der Waals surface area contributed by atoms with Crippen LogP contribution in [0.3, 0.4) is 0 Å². The van der Waals surface area contributed by atoms with Crippen molar-refractivity contribution in [3.8, 4) is 0 Å². The van der Waals surface area contributed by atoms with Gasteiger partial charge in [-0.3, -0.25) is 9.59 Å². The Morgan fingerprint density at radius 2 is 1.82 bits per heavy atom. The lowest BCUT2D eigenvalue weighted by Crippen LogP contribution is -2.53. The molecule has 0 aliphatic heterocycles. The van der Waals surface area contributed by atoms with Gasteiger partial charge in [0, 0.05) is 6.54 Å². The highest BCUT2D eigenvalue weighted by Crippen LogP contribution is 2.10. The van der Waals surface area contributed by atoms with Crippen LogP contribution < -0.4 is 10.6 Å². The Morgan fingerprint density at radius 3 is 2.18 bits per heavy atom. The molecule has 0 rings (SSSR count). The lowest BCUT2D eigenvalue weighted by Gasteiger charge is -2.26. The van der Waals surface area contributed by atoms with Crippen molar-refractivity contribution in [1.82, 2.24) is 10.6 Å². The maximum atomic E-state index is 11.8. The van der Waals surface area contributed by atoms with E-state index in [2.05, 4.69) is 10.6 Å². The maximum absolute atomic E-state index is 11.8. The summed E-state index contributed by atoms with van der Waals surface area (Å²) in [5.74, 6) is -1.60. The summed E-state index contributed by atoms with van der Waals surface area (Å²) >= 11 is 0. The molecule has 0 saturated carbocycles. The minimum Gasteiger partial charge on any atom is -0.481 e. The van der Waals surface area contributed by atoms with Gasteiger partial charge in [0.2, 0.25) is 5.91 Å². The van der Waals surface area contributed by atoms with Crippen LogP contribution in [-0.4, -0.2) is 35.6 Å². The van der Waals surface area contributed by atoms with E-state index in [0.717, 1.165) is 0 Å². The van der Waals surface area contributed by atoms with Crippen molar-refractivity contribution in [3.05, 3.63) is 0 Å². The molecular formula is C12H24N2O3. The van der Waals surface area contributed by atoms with Crippen LogP contribution in [0, 0.1) is 11.8 Å². The van der Waals surface area contributed by atoms with Gasteiger partial charge in [0.25, 0.3) is 0 Å². The molecule has 0 aliphatic rings. The van der Waals surface area contributed by atoms with Crippen molar-refractivity contribution in [2.24, 2.45) is 11.8 Å². The van der Waals surface area contributed by atoms with Gasteiger partial charge in [-0.05, 0) is 26.3 Å². The topological polar surface area (TPSA) is 78.4 Å². The molecule has 1 amide bonds. The number of hydrogen-bond acceptors (Lipinski definition) is 3. The Morgan fingerprint density at radius 1 is 1.29 bits per heavy atom. The van der Waals surface area contributed by atoms with E-state index >= 15 is 0 Å². The SMILES string of the molecule is CCNC(C)(C)C(=O)NCC(C(=O)O)C(C)C. The fourth-order valence-corrected chi connectivity index (χ4v) is 1.55. The fourth-order valence-electron chi connectivity index (χ4n) is 1.55. The Kier molecular flexibility index (Phi) is 6.16. The summed E-state index contributed by atoms with van der Waals surface area (Å²) < 4.78 is 0. The van der Waals surface area contributed by atoms with E-state index in [1.807, 2.05) is 20.8 Å². The number of rotatable bonds is 7. The highest BCUT2D eigenvalue weighted by Gasteiger charge is 2.28. The average Bonchev–Trinajstić information content (AvgIpc) is 2.16. The first-order chi connectivity index (χ1) is 7.72. The standard InChI is InChI=1S/C12H24N2O3/c1-6-14-12(4,5)11(17)13-7-9(8(2)3)10(15)16/h8-9,14H,6-7H2,1-5H3,(H,13,17)(H,15,16). The highest BCUT2D eigenvalue weighted by molar-refractivity contribution is 5.85. The monoisotopic (exact) mass is 244 g/mol. The molecule has 0 aromatic rings. The number of carbonyl (C=O) groups excluding carboxylic acids is 1. The second kappa shape index (κ2) is 6.59. The molecule has 0 aromatic carbocycles. The predicted octanol–water partition coefficient (Wildman–Crippen LogP) is 0.847. The molecule has 0 aliphatic carbocycles. The summed E-state index contributed by atoms with van der Waals surface area (Å²) in [5.41, 5.74) is -0.672. The molecule has 17 heavy (non-hydrogen) atoms. The summed E-state index contributed by atoms with van der Waals surface area (Å²) in [5, 5.41) is 14.7. The minimum absolute atomic E-state index is 0.00459. The first-order valence-electron chi connectivity index (χ1n) is 5.98. The molecular weight excluding hydrogens is 220 g/mol. The third-order valence-electron chi connectivity index (χ3n) is 2.79. The Balaban J connectivity index is 4.36. The lowest BCUT2D eigenvalue weighted by molar-refractivity contribution is -0.143. The van der Waals surface area contributed by atoms with Gasteiger partial charge < -0.3 is 15.7 Å². The molecule has 0 aromatic heterocycles. The van der Waals surface area contributed by atoms with Crippen molar-refractivity contribution >= 4 is 11.9 Å². The van der Waals surface area contributed by atoms with E-state index in [0.29, 0.717) is 6.54 Å². The number of aliphatic carboxylic acids is 1. The molecule has 5 nitrogen and oxygen atoms in total. The lowest BCUT2D eigenvalue weighted by atomic mass is 9.95. The van der Waals surface area contributed by atoms with Crippen LogP contribution in [0.25, 0.3) is 0 Å². The summed E-state index contributed by atoms with van der Waals surface area (Å²) in [4.78, 5) is 22.8. The number of hydrogen-bond donors (Lipinski definition) is 3. The van der Waals surface area contributed by atoms with Gasteiger partial charge >= 0.3 is 5.97 Å². The van der Waals surface area contributed by atoms with Gasteiger partial charge in [0.15, 0.2) is 0 Å². The zero-order valence-corrected chi connectivity index (χ0v) is 11.3. The van der Waals surface area contributed by atoms with Crippen LogP contribution in [0.2, 0.25) is 0 Å². The van der Waals surface area contributed by atoms with E-state index in [-0.39, 0.29) is 18.4 Å². The molecule has 0 heterocycles. The smallest absolute Gasteiger partial charge is 0.308 e. The number of nitrogens with one attached hydrogen (secondary N) is 2. The molecule has 0 spiro atoms.